The van der Waals surface area contributed by atoms with E-state index in [2.05, 4.69) is 37.2 Å². The van der Waals surface area contributed by atoms with E-state index in [9.17, 15) is 14.9 Å². The molecule has 1 aromatic heterocycles. The summed E-state index contributed by atoms with van der Waals surface area (Å²) in [6, 6.07) is 15.8. The average Bonchev–Trinajstić information content (AvgIpc) is 2.80. The van der Waals surface area contributed by atoms with Crippen molar-refractivity contribution in [3.05, 3.63) is 81.6 Å². The van der Waals surface area contributed by atoms with E-state index in [-0.39, 0.29) is 16.3 Å². The van der Waals surface area contributed by atoms with E-state index in [0.29, 0.717) is 11.6 Å². The molecule has 0 atom stereocenters. The second kappa shape index (κ2) is 8.97. The fraction of sp³-hybridized carbons (Fsp3) is 0.190. The summed E-state index contributed by atoms with van der Waals surface area (Å²) in [5.74, 6) is 0.511. The van der Waals surface area contributed by atoms with Gasteiger partial charge in [-0.1, -0.05) is 29.8 Å². The Balaban J connectivity index is 1.43. The molecule has 9 nitrogen and oxygen atoms in total. The largest absolute Gasteiger partial charge is 0.368 e. The predicted molar refractivity (Wildman–Crippen MR) is 119 cm³/mol. The van der Waals surface area contributed by atoms with Crippen molar-refractivity contribution in [3.63, 3.8) is 0 Å². The quantitative estimate of drug-likeness (QED) is 0.479. The molecular formula is C21H19ClN6O3. The number of piperazine rings is 1. The highest BCUT2D eigenvalue weighted by Crippen LogP contribution is 2.26. The van der Waals surface area contributed by atoms with Crippen LogP contribution in [-0.2, 0) is 0 Å². The number of hydrogen-bond donors (Lipinski definition) is 1. The van der Waals surface area contributed by atoms with E-state index >= 15 is 0 Å². The first-order valence-electron chi connectivity index (χ1n) is 9.63. The Morgan fingerprint density at radius 1 is 1.00 bits per heavy atom. The van der Waals surface area contributed by atoms with Crippen LogP contribution < -0.4 is 15.1 Å². The third kappa shape index (κ3) is 4.72. The van der Waals surface area contributed by atoms with Crippen molar-refractivity contribution in [2.24, 2.45) is 0 Å². The van der Waals surface area contributed by atoms with Crippen molar-refractivity contribution in [1.29, 1.82) is 0 Å². The number of amides is 1. The SMILES string of the molecule is O=C(Nc1cc(N2CCN(c3ccccc3)CC2)ncn1)c1ccc(Cl)c([N+](=O)[O-])c1. The third-order valence-electron chi connectivity index (χ3n) is 5.02. The highest BCUT2D eigenvalue weighted by atomic mass is 35.5. The van der Waals surface area contributed by atoms with Crippen LogP contribution >= 0.6 is 11.6 Å². The van der Waals surface area contributed by atoms with Crippen molar-refractivity contribution in [2.75, 3.05) is 41.3 Å². The van der Waals surface area contributed by atoms with Crippen molar-refractivity contribution < 1.29 is 9.72 Å². The summed E-state index contributed by atoms with van der Waals surface area (Å²) >= 11 is 5.81. The Hall–Kier alpha value is -3.72. The molecular weight excluding hydrogens is 420 g/mol. The standard InChI is InChI=1S/C21H19ClN6O3/c22-17-7-6-15(12-18(17)28(30)31)21(29)25-19-13-20(24-14-23-19)27-10-8-26(9-11-27)16-4-2-1-3-5-16/h1-7,12-14H,8-11H2,(H,23,24,25,29). The number of benzene rings is 2. The van der Waals surface area contributed by atoms with Crippen LogP contribution in [0.15, 0.2) is 60.9 Å². The topological polar surface area (TPSA) is 104 Å². The van der Waals surface area contributed by atoms with E-state index in [1.54, 1.807) is 6.07 Å². The molecule has 10 heteroatoms. The molecule has 158 valence electrons. The number of para-hydroxylation sites is 1. The molecule has 1 aliphatic heterocycles. The molecule has 1 fully saturated rings. The van der Waals surface area contributed by atoms with Gasteiger partial charge >= 0.3 is 0 Å². The molecule has 4 rings (SSSR count). The van der Waals surface area contributed by atoms with Crippen molar-refractivity contribution >= 4 is 40.5 Å². The van der Waals surface area contributed by atoms with E-state index in [1.807, 2.05) is 18.2 Å². The molecule has 1 N–H and O–H groups in total. The molecule has 31 heavy (non-hydrogen) atoms. The smallest absolute Gasteiger partial charge is 0.288 e. The minimum atomic E-state index is -0.628. The summed E-state index contributed by atoms with van der Waals surface area (Å²) in [5, 5.41) is 13.7. The van der Waals surface area contributed by atoms with E-state index < -0.39 is 10.8 Å². The maximum Gasteiger partial charge on any atom is 0.288 e. The van der Waals surface area contributed by atoms with Crippen LogP contribution in [0.1, 0.15) is 10.4 Å². The maximum atomic E-state index is 12.5. The number of nitro benzene ring substituents is 1. The van der Waals surface area contributed by atoms with E-state index in [4.69, 9.17) is 11.6 Å². The first kappa shape index (κ1) is 20.5. The number of anilines is 3. The first-order valence-corrected chi connectivity index (χ1v) is 10.0. The molecule has 1 aliphatic rings. The molecule has 0 bridgehead atoms. The van der Waals surface area contributed by atoms with E-state index in [0.717, 1.165) is 32.2 Å². The van der Waals surface area contributed by atoms with Crippen LogP contribution in [-0.4, -0.2) is 47.0 Å². The number of nitrogens with one attached hydrogen (secondary N) is 1. The van der Waals surface area contributed by atoms with Gasteiger partial charge in [0.1, 0.15) is 23.0 Å². The number of halogens is 1. The summed E-state index contributed by atoms with van der Waals surface area (Å²) in [7, 11) is 0. The molecule has 0 aliphatic carbocycles. The van der Waals surface area contributed by atoms with Gasteiger partial charge in [0.05, 0.1) is 4.92 Å². The fourth-order valence-corrected chi connectivity index (χ4v) is 3.59. The Morgan fingerprint density at radius 2 is 1.71 bits per heavy atom. The summed E-state index contributed by atoms with van der Waals surface area (Å²) in [6.45, 7) is 3.26. The van der Waals surface area contributed by atoms with Crippen molar-refractivity contribution in [1.82, 2.24) is 9.97 Å². The highest BCUT2D eigenvalue weighted by molar-refractivity contribution is 6.32. The number of nitro groups is 1. The van der Waals surface area contributed by atoms with E-state index in [1.165, 1.54) is 24.1 Å². The highest BCUT2D eigenvalue weighted by Gasteiger charge is 2.20. The zero-order valence-electron chi connectivity index (χ0n) is 16.4. The Labute approximate surface area is 183 Å². The van der Waals surface area contributed by atoms with Crippen LogP contribution in [0.4, 0.5) is 23.0 Å². The molecule has 2 heterocycles. The average molecular weight is 439 g/mol. The van der Waals surface area contributed by atoms with Gasteiger partial charge in [-0.3, -0.25) is 14.9 Å². The minimum Gasteiger partial charge on any atom is -0.368 e. The first-order chi connectivity index (χ1) is 15.0. The zero-order valence-corrected chi connectivity index (χ0v) is 17.2. The number of carbonyl (C=O) groups excluding carboxylic acids is 1. The Morgan fingerprint density at radius 3 is 2.42 bits per heavy atom. The van der Waals surface area contributed by atoms with Crippen molar-refractivity contribution in [3.8, 4) is 0 Å². The lowest BCUT2D eigenvalue weighted by molar-refractivity contribution is -0.384. The molecule has 0 spiro atoms. The lowest BCUT2D eigenvalue weighted by atomic mass is 10.2. The van der Waals surface area contributed by atoms with Crippen LogP contribution in [0.25, 0.3) is 0 Å². The third-order valence-corrected chi connectivity index (χ3v) is 5.34. The van der Waals surface area contributed by atoms with Gasteiger partial charge in [-0.25, -0.2) is 9.97 Å². The van der Waals surface area contributed by atoms with Crippen LogP contribution in [0.2, 0.25) is 5.02 Å². The lowest BCUT2D eigenvalue weighted by Crippen LogP contribution is -2.46. The monoisotopic (exact) mass is 438 g/mol. The van der Waals surface area contributed by atoms with Gasteiger partial charge in [-0.05, 0) is 24.3 Å². The number of rotatable bonds is 5. The predicted octanol–water partition coefficient (Wildman–Crippen LogP) is 3.62. The van der Waals surface area contributed by atoms with Gasteiger partial charge in [-0.2, -0.15) is 0 Å². The Kier molecular flexibility index (Phi) is 5.94. The number of nitrogens with zero attached hydrogens (tertiary/aromatic N) is 5. The van der Waals surface area contributed by atoms with Gasteiger partial charge in [-0.15, -0.1) is 0 Å². The summed E-state index contributed by atoms with van der Waals surface area (Å²) in [5.41, 5.74) is 0.983. The van der Waals surface area contributed by atoms with Crippen LogP contribution in [0.5, 0.6) is 0 Å². The molecule has 1 saturated heterocycles. The second-order valence-corrected chi connectivity index (χ2v) is 7.36. The van der Waals surface area contributed by atoms with Gasteiger partial charge in [0.15, 0.2) is 0 Å². The van der Waals surface area contributed by atoms with Gasteiger partial charge in [0.2, 0.25) is 0 Å². The molecule has 0 saturated carbocycles. The molecule has 1 amide bonds. The lowest BCUT2D eigenvalue weighted by Gasteiger charge is -2.36. The van der Waals surface area contributed by atoms with Gasteiger partial charge < -0.3 is 15.1 Å². The van der Waals surface area contributed by atoms with Crippen molar-refractivity contribution in [2.45, 2.75) is 0 Å². The number of aromatic nitrogens is 2. The Bertz CT molecular complexity index is 1100. The molecule has 0 unspecified atom stereocenters. The number of carbonyl (C=O) groups is 1. The molecule has 3 aromatic rings. The minimum absolute atomic E-state index is 0.0273. The summed E-state index contributed by atoms with van der Waals surface area (Å²) in [6.07, 6.45) is 1.39. The maximum absolute atomic E-state index is 12.5. The van der Waals surface area contributed by atoms with Gasteiger partial charge in [0, 0.05) is 49.6 Å². The number of hydrogen-bond acceptors (Lipinski definition) is 7. The molecule has 0 radical (unpaired) electrons. The molecule has 2 aromatic carbocycles. The summed E-state index contributed by atoms with van der Waals surface area (Å²) in [4.78, 5) is 35.8. The summed E-state index contributed by atoms with van der Waals surface area (Å²) < 4.78 is 0. The fourth-order valence-electron chi connectivity index (χ4n) is 3.40. The van der Waals surface area contributed by atoms with Crippen LogP contribution in [0.3, 0.4) is 0 Å². The second-order valence-electron chi connectivity index (χ2n) is 6.95. The normalized spacial score (nSPS) is 13.7. The zero-order chi connectivity index (χ0) is 21.8. The van der Waals surface area contributed by atoms with Gasteiger partial charge in [0.25, 0.3) is 11.6 Å². The van der Waals surface area contributed by atoms with Crippen LogP contribution in [0, 0.1) is 10.1 Å².